The third-order valence-electron chi connectivity index (χ3n) is 2.68. The lowest BCUT2D eigenvalue weighted by Gasteiger charge is -2.10. The standard InChI is InChI=1S/C14H9Cl2NO4/c1-8(18)9-4-2-3-5-13(9)21-14-7-11(16)10(15)6-12(14)17(19)20/h2-7H,1H3. The molecule has 0 aromatic heterocycles. The van der Waals surface area contributed by atoms with Gasteiger partial charge in [0.25, 0.3) is 0 Å². The number of carbonyl (C=O) groups excluding carboxylic acids is 1. The van der Waals surface area contributed by atoms with Gasteiger partial charge in [0.2, 0.25) is 5.75 Å². The lowest BCUT2D eigenvalue weighted by atomic mass is 10.1. The zero-order valence-corrected chi connectivity index (χ0v) is 12.3. The maximum Gasteiger partial charge on any atom is 0.313 e. The van der Waals surface area contributed by atoms with Crippen LogP contribution in [0.3, 0.4) is 0 Å². The van der Waals surface area contributed by atoms with Gasteiger partial charge in [-0.25, -0.2) is 0 Å². The number of ether oxygens (including phenoxy) is 1. The van der Waals surface area contributed by atoms with Crippen LogP contribution in [0.5, 0.6) is 11.5 Å². The number of hydrogen-bond donors (Lipinski definition) is 0. The fourth-order valence-corrected chi connectivity index (χ4v) is 2.02. The van der Waals surface area contributed by atoms with Crippen LogP contribution in [-0.2, 0) is 0 Å². The maximum atomic E-state index is 11.5. The smallest absolute Gasteiger partial charge is 0.313 e. The minimum absolute atomic E-state index is 0.0515. The number of Topliss-reactive ketones (excluding diaryl/α,β-unsaturated/α-hetero) is 1. The molecule has 0 saturated carbocycles. The van der Waals surface area contributed by atoms with Gasteiger partial charge in [-0.3, -0.25) is 14.9 Å². The Morgan fingerprint density at radius 1 is 1.14 bits per heavy atom. The van der Waals surface area contributed by atoms with Crippen molar-refractivity contribution >= 4 is 34.7 Å². The molecule has 7 heteroatoms. The average molecular weight is 326 g/mol. The van der Waals surface area contributed by atoms with Gasteiger partial charge in [-0.05, 0) is 19.1 Å². The summed E-state index contributed by atoms with van der Waals surface area (Å²) < 4.78 is 5.49. The number of para-hydroxylation sites is 1. The first-order chi connectivity index (χ1) is 9.90. The summed E-state index contributed by atoms with van der Waals surface area (Å²) in [6, 6.07) is 8.80. The molecule has 0 heterocycles. The molecule has 0 saturated heterocycles. The van der Waals surface area contributed by atoms with Gasteiger partial charge in [0.05, 0.1) is 20.5 Å². The summed E-state index contributed by atoms with van der Waals surface area (Å²) in [5.74, 6) is -0.0806. The normalized spacial score (nSPS) is 10.2. The molecular weight excluding hydrogens is 317 g/mol. The molecule has 5 nitrogen and oxygen atoms in total. The van der Waals surface area contributed by atoms with Gasteiger partial charge in [-0.15, -0.1) is 0 Å². The molecule has 0 amide bonds. The molecule has 0 aliphatic carbocycles. The Hall–Kier alpha value is -2.11. The number of benzene rings is 2. The van der Waals surface area contributed by atoms with Crippen LogP contribution in [-0.4, -0.2) is 10.7 Å². The quantitative estimate of drug-likeness (QED) is 0.455. The van der Waals surface area contributed by atoms with Crippen LogP contribution in [0.2, 0.25) is 10.0 Å². The largest absolute Gasteiger partial charge is 0.449 e. The van der Waals surface area contributed by atoms with E-state index in [2.05, 4.69) is 0 Å². The van der Waals surface area contributed by atoms with Crippen molar-refractivity contribution in [3.8, 4) is 11.5 Å². The summed E-state index contributed by atoms with van der Waals surface area (Å²) in [6.45, 7) is 1.38. The number of ketones is 1. The maximum absolute atomic E-state index is 11.5. The van der Waals surface area contributed by atoms with Gasteiger partial charge in [0.15, 0.2) is 5.78 Å². The Kier molecular flexibility index (Phi) is 4.45. The van der Waals surface area contributed by atoms with Crippen LogP contribution in [0.4, 0.5) is 5.69 Å². The molecular formula is C14H9Cl2NO4. The molecule has 0 N–H and O–H groups in total. The molecule has 21 heavy (non-hydrogen) atoms. The number of halogens is 2. The third-order valence-corrected chi connectivity index (χ3v) is 3.41. The van der Waals surface area contributed by atoms with Crippen molar-refractivity contribution in [1.82, 2.24) is 0 Å². The SMILES string of the molecule is CC(=O)c1ccccc1Oc1cc(Cl)c(Cl)cc1[N+](=O)[O-]. The molecule has 0 aliphatic rings. The number of nitro groups is 1. The number of rotatable bonds is 4. The van der Waals surface area contributed by atoms with Crippen molar-refractivity contribution in [3.05, 3.63) is 62.1 Å². The van der Waals surface area contributed by atoms with Gasteiger partial charge in [-0.2, -0.15) is 0 Å². The topological polar surface area (TPSA) is 69.4 Å². The van der Waals surface area contributed by atoms with Crippen molar-refractivity contribution in [3.63, 3.8) is 0 Å². The zero-order valence-electron chi connectivity index (χ0n) is 10.8. The van der Waals surface area contributed by atoms with Gasteiger partial charge in [0.1, 0.15) is 5.75 Å². The Balaban J connectivity index is 2.52. The van der Waals surface area contributed by atoms with E-state index in [-0.39, 0.29) is 33.0 Å². The van der Waals surface area contributed by atoms with E-state index >= 15 is 0 Å². The number of hydrogen-bond acceptors (Lipinski definition) is 4. The first-order valence-electron chi connectivity index (χ1n) is 5.81. The second kappa shape index (κ2) is 6.11. The Labute approximate surface area is 130 Å². The molecule has 0 fully saturated rings. The Bertz CT molecular complexity index is 731. The number of nitro benzene ring substituents is 1. The summed E-state index contributed by atoms with van der Waals surface area (Å²) in [5.41, 5.74) is -0.0133. The molecule has 2 aromatic rings. The van der Waals surface area contributed by atoms with Gasteiger partial charge < -0.3 is 4.74 Å². The highest BCUT2D eigenvalue weighted by Crippen LogP contribution is 2.38. The molecule has 2 aromatic carbocycles. The fraction of sp³-hybridized carbons (Fsp3) is 0.0714. The summed E-state index contributed by atoms with van der Waals surface area (Å²) in [6.07, 6.45) is 0. The van der Waals surface area contributed by atoms with E-state index < -0.39 is 4.92 Å². The van der Waals surface area contributed by atoms with Crippen molar-refractivity contribution in [2.75, 3.05) is 0 Å². The van der Waals surface area contributed by atoms with Crippen LogP contribution in [0.15, 0.2) is 36.4 Å². The molecule has 0 spiro atoms. The predicted octanol–water partition coefficient (Wildman–Crippen LogP) is 4.90. The Morgan fingerprint density at radius 3 is 2.38 bits per heavy atom. The van der Waals surface area contributed by atoms with Crippen LogP contribution < -0.4 is 4.74 Å². The first-order valence-corrected chi connectivity index (χ1v) is 6.57. The average Bonchev–Trinajstić information content (AvgIpc) is 2.42. The van der Waals surface area contributed by atoms with Crippen molar-refractivity contribution in [2.24, 2.45) is 0 Å². The molecule has 108 valence electrons. The van der Waals surface area contributed by atoms with Crippen molar-refractivity contribution < 1.29 is 14.5 Å². The number of carbonyl (C=O) groups is 1. The highest BCUT2D eigenvalue weighted by molar-refractivity contribution is 6.42. The molecule has 0 atom stereocenters. The monoisotopic (exact) mass is 325 g/mol. The van der Waals surface area contributed by atoms with Gasteiger partial charge >= 0.3 is 5.69 Å². The summed E-state index contributed by atoms with van der Waals surface area (Å²) in [4.78, 5) is 22.0. The van der Waals surface area contributed by atoms with Crippen molar-refractivity contribution in [1.29, 1.82) is 0 Å². The minimum atomic E-state index is -0.631. The summed E-state index contributed by atoms with van der Waals surface area (Å²) >= 11 is 11.6. The van der Waals surface area contributed by atoms with E-state index in [9.17, 15) is 14.9 Å². The van der Waals surface area contributed by atoms with Crippen LogP contribution in [0.1, 0.15) is 17.3 Å². The van der Waals surface area contributed by atoms with Crippen LogP contribution in [0.25, 0.3) is 0 Å². The zero-order chi connectivity index (χ0) is 15.6. The summed E-state index contributed by atoms with van der Waals surface area (Å²) in [7, 11) is 0. The van der Waals surface area contributed by atoms with E-state index in [1.807, 2.05) is 0 Å². The third kappa shape index (κ3) is 3.32. The lowest BCUT2D eigenvalue weighted by Crippen LogP contribution is -1.99. The second-order valence-electron chi connectivity index (χ2n) is 4.15. The van der Waals surface area contributed by atoms with Crippen LogP contribution >= 0.6 is 23.2 Å². The predicted molar refractivity (Wildman–Crippen MR) is 79.6 cm³/mol. The first kappa shape index (κ1) is 15.3. The van der Waals surface area contributed by atoms with Gasteiger partial charge in [-0.1, -0.05) is 35.3 Å². The fourth-order valence-electron chi connectivity index (χ4n) is 1.71. The van der Waals surface area contributed by atoms with E-state index in [0.29, 0.717) is 5.56 Å². The lowest BCUT2D eigenvalue weighted by molar-refractivity contribution is -0.385. The minimum Gasteiger partial charge on any atom is -0.449 e. The van der Waals surface area contributed by atoms with E-state index in [0.717, 1.165) is 6.07 Å². The van der Waals surface area contributed by atoms with Crippen LogP contribution in [0, 0.1) is 10.1 Å². The van der Waals surface area contributed by atoms with Crippen molar-refractivity contribution in [2.45, 2.75) is 6.92 Å². The molecule has 0 radical (unpaired) electrons. The second-order valence-corrected chi connectivity index (χ2v) is 4.96. The highest BCUT2D eigenvalue weighted by atomic mass is 35.5. The van der Waals surface area contributed by atoms with E-state index in [1.54, 1.807) is 24.3 Å². The molecule has 0 aliphatic heterocycles. The highest BCUT2D eigenvalue weighted by Gasteiger charge is 2.20. The van der Waals surface area contributed by atoms with E-state index in [4.69, 9.17) is 27.9 Å². The number of nitrogens with zero attached hydrogens (tertiary/aromatic N) is 1. The molecule has 0 bridgehead atoms. The molecule has 2 rings (SSSR count). The molecule has 0 unspecified atom stereocenters. The van der Waals surface area contributed by atoms with Gasteiger partial charge in [0, 0.05) is 12.1 Å². The van der Waals surface area contributed by atoms with E-state index in [1.165, 1.54) is 13.0 Å². The Morgan fingerprint density at radius 2 is 1.76 bits per heavy atom. The summed E-state index contributed by atoms with van der Waals surface area (Å²) in [5, 5.41) is 11.2.